The molecule has 1 heterocycles. The zero-order chi connectivity index (χ0) is 21.0. The third-order valence-corrected chi connectivity index (χ3v) is 5.55. The molecule has 1 aromatic heterocycles. The Morgan fingerprint density at radius 2 is 2.00 bits per heavy atom. The van der Waals surface area contributed by atoms with Crippen LogP contribution in [0, 0.1) is 24.0 Å². The highest BCUT2D eigenvalue weighted by molar-refractivity contribution is 9.10. The Bertz CT molecular complexity index is 1060. The third kappa shape index (κ3) is 4.80. The van der Waals surface area contributed by atoms with Crippen molar-refractivity contribution in [1.82, 2.24) is 9.78 Å². The molecule has 8 nitrogen and oxygen atoms in total. The molecule has 0 aliphatic heterocycles. The third-order valence-electron chi connectivity index (χ3n) is 4.40. The van der Waals surface area contributed by atoms with Crippen LogP contribution in [0.2, 0.25) is 0 Å². The van der Waals surface area contributed by atoms with Crippen molar-refractivity contribution >= 4 is 33.5 Å². The van der Waals surface area contributed by atoms with Gasteiger partial charge in [0.15, 0.2) is 0 Å². The molecule has 9 heteroatoms. The van der Waals surface area contributed by atoms with Crippen molar-refractivity contribution < 1.29 is 9.66 Å². The van der Waals surface area contributed by atoms with Crippen LogP contribution < -0.4 is 10.2 Å². The average Bonchev–Trinajstić information content (AvgIpc) is 2.95. The van der Waals surface area contributed by atoms with Gasteiger partial charge in [-0.25, -0.2) is 0 Å². The summed E-state index contributed by atoms with van der Waals surface area (Å²) in [4.78, 5) is 10.3. The first-order valence-corrected chi connectivity index (χ1v) is 9.58. The summed E-state index contributed by atoms with van der Waals surface area (Å²) in [5, 5.41) is 19.5. The van der Waals surface area contributed by atoms with Crippen LogP contribution in [0.3, 0.4) is 0 Å². The summed E-state index contributed by atoms with van der Waals surface area (Å²) >= 11 is 3.55. The van der Waals surface area contributed by atoms with E-state index in [1.807, 2.05) is 36.7 Å². The van der Waals surface area contributed by atoms with E-state index in [0.717, 1.165) is 32.7 Å². The lowest BCUT2D eigenvalue weighted by atomic mass is 10.1. The minimum atomic E-state index is -0.437. The number of nitro benzene ring substituents is 1. The number of aromatic nitrogens is 2. The Morgan fingerprint density at radius 1 is 1.28 bits per heavy atom. The van der Waals surface area contributed by atoms with Crippen molar-refractivity contribution in [3.63, 3.8) is 0 Å². The maximum atomic E-state index is 10.7. The number of nitro groups is 1. The van der Waals surface area contributed by atoms with Crippen LogP contribution in [0.25, 0.3) is 0 Å². The molecule has 0 saturated heterocycles. The standard InChI is InChI=1S/C20H20BrN5O3/c1-13-20(21)14(2)25(24-13)12-16-10-15(4-9-19(16)29-3)11-22-23-17-5-7-18(8-6-17)26(27)28/h4-11,23H,12H2,1-3H3. The lowest BCUT2D eigenvalue weighted by Gasteiger charge is -2.11. The molecule has 1 N–H and O–H groups in total. The number of anilines is 1. The van der Waals surface area contributed by atoms with Gasteiger partial charge in [0.05, 0.1) is 46.3 Å². The van der Waals surface area contributed by atoms with Gasteiger partial charge >= 0.3 is 0 Å². The molecular formula is C20H20BrN5O3. The van der Waals surface area contributed by atoms with Gasteiger partial charge in [0.25, 0.3) is 5.69 Å². The molecule has 0 aliphatic rings. The van der Waals surface area contributed by atoms with Crippen LogP contribution in [-0.2, 0) is 6.54 Å². The Balaban J connectivity index is 1.76. The number of non-ortho nitro benzene ring substituents is 1. The highest BCUT2D eigenvalue weighted by Crippen LogP contribution is 2.24. The molecule has 3 rings (SSSR count). The van der Waals surface area contributed by atoms with Crippen LogP contribution in [0.4, 0.5) is 11.4 Å². The van der Waals surface area contributed by atoms with Crippen LogP contribution in [0.15, 0.2) is 52.0 Å². The summed E-state index contributed by atoms with van der Waals surface area (Å²) in [5.41, 5.74) is 7.41. The van der Waals surface area contributed by atoms with Gasteiger partial charge in [-0.2, -0.15) is 10.2 Å². The summed E-state index contributed by atoms with van der Waals surface area (Å²) in [7, 11) is 1.64. The van der Waals surface area contributed by atoms with E-state index in [0.29, 0.717) is 12.2 Å². The van der Waals surface area contributed by atoms with Crippen molar-refractivity contribution in [3.8, 4) is 5.75 Å². The van der Waals surface area contributed by atoms with Crippen LogP contribution in [0.5, 0.6) is 5.75 Å². The molecule has 150 valence electrons. The van der Waals surface area contributed by atoms with Crippen molar-refractivity contribution in [3.05, 3.63) is 79.6 Å². The highest BCUT2D eigenvalue weighted by Gasteiger charge is 2.12. The van der Waals surface area contributed by atoms with E-state index in [4.69, 9.17) is 4.74 Å². The molecule has 2 aromatic carbocycles. The molecule has 0 radical (unpaired) electrons. The number of hydrogen-bond acceptors (Lipinski definition) is 6. The number of nitrogens with zero attached hydrogens (tertiary/aromatic N) is 4. The fraction of sp³-hybridized carbons (Fsp3) is 0.200. The first-order valence-electron chi connectivity index (χ1n) is 8.79. The molecular weight excluding hydrogens is 438 g/mol. The quantitative estimate of drug-likeness (QED) is 0.315. The Hall–Kier alpha value is -3.20. The summed E-state index contributed by atoms with van der Waals surface area (Å²) in [5.74, 6) is 0.772. The number of hydrogen-bond donors (Lipinski definition) is 1. The zero-order valence-corrected chi connectivity index (χ0v) is 17.8. The second kappa shape index (κ2) is 8.87. The van der Waals surface area contributed by atoms with Gasteiger partial charge in [-0.3, -0.25) is 20.2 Å². The molecule has 0 fully saturated rings. The van der Waals surface area contributed by atoms with E-state index in [-0.39, 0.29) is 5.69 Å². The molecule has 0 atom stereocenters. The Labute approximate surface area is 176 Å². The zero-order valence-electron chi connectivity index (χ0n) is 16.2. The number of halogens is 1. The molecule has 0 spiro atoms. The van der Waals surface area contributed by atoms with Crippen molar-refractivity contribution in [2.45, 2.75) is 20.4 Å². The topological polar surface area (TPSA) is 94.6 Å². The average molecular weight is 458 g/mol. The molecule has 0 aliphatic carbocycles. The second-order valence-electron chi connectivity index (χ2n) is 6.39. The number of aryl methyl sites for hydroxylation is 1. The van der Waals surface area contributed by atoms with Gasteiger partial charge in [-0.1, -0.05) is 0 Å². The maximum Gasteiger partial charge on any atom is 0.269 e. The minimum absolute atomic E-state index is 0.0371. The number of rotatable bonds is 7. The maximum absolute atomic E-state index is 10.7. The van der Waals surface area contributed by atoms with Gasteiger partial charge < -0.3 is 4.74 Å². The number of ether oxygens (including phenoxy) is 1. The summed E-state index contributed by atoms with van der Waals surface area (Å²) in [6.45, 7) is 4.53. The number of benzene rings is 2. The molecule has 0 amide bonds. The molecule has 0 bridgehead atoms. The number of hydrazone groups is 1. The monoisotopic (exact) mass is 457 g/mol. The van der Waals surface area contributed by atoms with Crippen molar-refractivity contribution in [1.29, 1.82) is 0 Å². The predicted octanol–water partition coefficient (Wildman–Crippen LogP) is 4.67. The first kappa shape index (κ1) is 20.5. The Morgan fingerprint density at radius 3 is 2.59 bits per heavy atom. The van der Waals surface area contributed by atoms with Gasteiger partial charge in [0.1, 0.15) is 5.75 Å². The lowest BCUT2D eigenvalue weighted by Crippen LogP contribution is -2.06. The van der Waals surface area contributed by atoms with Crippen LogP contribution in [-0.4, -0.2) is 28.0 Å². The minimum Gasteiger partial charge on any atom is -0.496 e. The first-order chi connectivity index (χ1) is 13.9. The summed E-state index contributed by atoms with van der Waals surface area (Å²) < 4.78 is 8.41. The summed E-state index contributed by atoms with van der Waals surface area (Å²) in [6.07, 6.45) is 1.68. The van der Waals surface area contributed by atoms with E-state index in [1.165, 1.54) is 12.1 Å². The van der Waals surface area contributed by atoms with Gasteiger partial charge in [0, 0.05) is 17.7 Å². The Kier molecular flexibility index (Phi) is 6.28. The summed E-state index contributed by atoms with van der Waals surface area (Å²) in [6, 6.07) is 11.9. The van der Waals surface area contributed by atoms with E-state index in [1.54, 1.807) is 25.5 Å². The van der Waals surface area contributed by atoms with Crippen molar-refractivity contribution in [2.24, 2.45) is 5.10 Å². The fourth-order valence-corrected chi connectivity index (χ4v) is 3.12. The highest BCUT2D eigenvalue weighted by atomic mass is 79.9. The normalized spacial score (nSPS) is 11.0. The number of methoxy groups -OCH3 is 1. The van der Waals surface area contributed by atoms with Gasteiger partial charge in [0.2, 0.25) is 0 Å². The smallest absolute Gasteiger partial charge is 0.269 e. The molecule has 0 unspecified atom stereocenters. The van der Waals surface area contributed by atoms with Crippen LogP contribution in [0.1, 0.15) is 22.5 Å². The van der Waals surface area contributed by atoms with E-state index < -0.39 is 4.92 Å². The number of nitrogens with one attached hydrogen (secondary N) is 1. The van der Waals surface area contributed by atoms with Gasteiger partial charge in [-0.05, 0) is 65.7 Å². The molecule has 0 saturated carbocycles. The fourth-order valence-electron chi connectivity index (χ4n) is 2.83. The van der Waals surface area contributed by atoms with Crippen LogP contribution >= 0.6 is 15.9 Å². The van der Waals surface area contributed by atoms with E-state index >= 15 is 0 Å². The largest absolute Gasteiger partial charge is 0.496 e. The van der Waals surface area contributed by atoms with Gasteiger partial charge in [-0.15, -0.1) is 0 Å². The lowest BCUT2D eigenvalue weighted by molar-refractivity contribution is -0.384. The van der Waals surface area contributed by atoms with E-state index in [9.17, 15) is 10.1 Å². The van der Waals surface area contributed by atoms with Crippen molar-refractivity contribution in [2.75, 3.05) is 12.5 Å². The molecule has 29 heavy (non-hydrogen) atoms. The second-order valence-corrected chi connectivity index (χ2v) is 7.18. The predicted molar refractivity (Wildman–Crippen MR) is 116 cm³/mol. The SMILES string of the molecule is COc1ccc(C=NNc2ccc([N+](=O)[O-])cc2)cc1Cn1nc(C)c(Br)c1C. The van der Waals surface area contributed by atoms with E-state index in [2.05, 4.69) is 31.6 Å². The molecule has 3 aromatic rings.